The molecule has 0 spiro atoms. The second-order valence-electron chi connectivity index (χ2n) is 4.57. The Labute approximate surface area is 110 Å². The van der Waals surface area contributed by atoms with Crippen LogP contribution in [-0.4, -0.2) is 22.2 Å². The molecule has 18 heavy (non-hydrogen) atoms. The van der Waals surface area contributed by atoms with Gasteiger partial charge < -0.3 is 10.4 Å². The lowest BCUT2D eigenvalue weighted by atomic mass is 9.93. The van der Waals surface area contributed by atoms with Gasteiger partial charge in [-0.25, -0.2) is 0 Å². The Bertz CT molecular complexity index is 445. The number of halogens is 1. The highest BCUT2D eigenvalue weighted by Gasteiger charge is 2.22. The van der Waals surface area contributed by atoms with Crippen molar-refractivity contribution in [3.05, 3.63) is 33.3 Å². The van der Waals surface area contributed by atoms with Crippen LogP contribution in [0.4, 0.5) is 11.4 Å². The molecular formula is C12H15ClN2O3. The number of benzene rings is 1. The second kappa shape index (κ2) is 5.54. The second-order valence-corrected chi connectivity index (χ2v) is 5.00. The molecule has 0 heterocycles. The van der Waals surface area contributed by atoms with Gasteiger partial charge in [0.1, 0.15) is 5.69 Å². The van der Waals surface area contributed by atoms with Gasteiger partial charge in [0.2, 0.25) is 0 Å². The minimum Gasteiger partial charge on any atom is -0.393 e. The number of aliphatic hydroxyl groups is 1. The third-order valence-electron chi connectivity index (χ3n) is 3.21. The van der Waals surface area contributed by atoms with Crippen molar-refractivity contribution < 1.29 is 10.0 Å². The van der Waals surface area contributed by atoms with E-state index in [1.165, 1.54) is 6.07 Å². The van der Waals surface area contributed by atoms with Crippen molar-refractivity contribution in [2.24, 2.45) is 0 Å². The average Bonchev–Trinajstić information content (AvgIpc) is 2.34. The zero-order valence-electron chi connectivity index (χ0n) is 9.80. The number of nitrogens with one attached hydrogen (secondary N) is 1. The Morgan fingerprint density at radius 2 is 2.00 bits per heavy atom. The topological polar surface area (TPSA) is 75.4 Å². The molecule has 0 atom stereocenters. The molecular weight excluding hydrogens is 256 g/mol. The van der Waals surface area contributed by atoms with E-state index in [1.54, 1.807) is 12.1 Å². The summed E-state index contributed by atoms with van der Waals surface area (Å²) < 4.78 is 0. The van der Waals surface area contributed by atoms with E-state index >= 15 is 0 Å². The van der Waals surface area contributed by atoms with Crippen molar-refractivity contribution in [3.63, 3.8) is 0 Å². The van der Waals surface area contributed by atoms with Crippen LogP contribution in [-0.2, 0) is 0 Å². The van der Waals surface area contributed by atoms with Crippen molar-refractivity contribution in [1.82, 2.24) is 0 Å². The number of hydrogen-bond acceptors (Lipinski definition) is 4. The first-order valence-corrected chi connectivity index (χ1v) is 6.32. The first-order valence-electron chi connectivity index (χ1n) is 5.95. The molecule has 2 N–H and O–H groups in total. The van der Waals surface area contributed by atoms with E-state index in [0.717, 1.165) is 25.7 Å². The van der Waals surface area contributed by atoms with Gasteiger partial charge in [-0.3, -0.25) is 10.1 Å². The van der Waals surface area contributed by atoms with E-state index in [4.69, 9.17) is 11.6 Å². The summed E-state index contributed by atoms with van der Waals surface area (Å²) in [6, 6.07) is 4.79. The minimum absolute atomic E-state index is 0.00591. The highest BCUT2D eigenvalue weighted by atomic mass is 35.5. The molecule has 0 aliphatic heterocycles. The van der Waals surface area contributed by atoms with Crippen molar-refractivity contribution in [1.29, 1.82) is 0 Å². The fraction of sp³-hybridized carbons (Fsp3) is 0.500. The van der Waals surface area contributed by atoms with Crippen LogP contribution in [0.2, 0.25) is 5.02 Å². The fourth-order valence-corrected chi connectivity index (χ4v) is 2.38. The maximum absolute atomic E-state index is 10.9. The molecule has 0 unspecified atom stereocenters. The molecule has 0 aromatic heterocycles. The number of hydrogen-bond donors (Lipinski definition) is 2. The maximum Gasteiger partial charge on any atom is 0.293 e. The van der Waals surface area contributed by atoms with Crippen LogP contribution in [0.5, 0.6) is 0 Å². The van der Waals surface area contributed by atoms with Gasteiger partial charge in [0.25, 0.3) is 5.69 Å². The normalized spacial score (nSPS) is 23.7. The standard InChI is InChI=1S/C12H15ClN2O3/c13-8-1-6-11(12(7-8)15(17)18)14-9-2-4-10(16)5-3-9/h1,6-7,9-10,14,16H,2-5H2/t9-,10-. The van der Waals surface area contributed by atoms with Crippen molar-refractivity contribution in [3.8, 4) is 0 Å². The molecule has 5 nitrogen and oxygen atoms in total. The summed E-state index contributed by atoms with van der Waals surface area (Å²) in [6.07, 6.45) is 2.88. The highest BCUT2D eigenvalue weighted by Crippen LogP contribution is 2.30. The van der Waals surface area contributed by atoms with E-state index in [9.17, 15) is 15.2 Å². The summed E-state index contributed by atoms with van der Waals surface area (Å²) in [5, 5.41) is 23.9. The molecule has 0 radical (unpaired) electrons. The summed E-state index contributed by atoms with van der Waals surface area (Å²) in [5.74, 6) is 0. The molecule has 1 fully saturated rings. The Balaban J connectivity index is 2.11. The zero-order chi connectivity index (χ0) is 13.1. The molecule has 2 rings (SSSR count). The molecule has 6 heteroatoms. The van der Waals surface area contributed by atoms with Gasteiger partial charge in [-0.1, -0.05) is 11.6 Å². The quantitative estimate of drug-likeness (QED) is 0.654. The summed E-state index contributed by atoms with van der Waals surface area (Å²) in [5.41, 5.74) is 0.486. The van der Waals surface area contributed by atoms with E-state index in [-0.39, 0.29) is 17.8 Å². The van der Waals surface area contributed by atoms with Gasteiger partial charge in [0, 0.05) is 17.1 Å². The monoisotopic (exact) mass is 270 g/mol. The maximum atomic E-state index is 10.9. The van der Waals surface area contributed by atoms with Crippen molar-refractivity contribution >= 4 is 23.0 Å². The van der Waals surface area contributed by atoms with Gasteiger partial charge in [-0.05, 0) is 37.8 Å². The molecule has 1 aliphatic rings. The third-order valence-corrected chi connectivity index (χ3v) is 3.45. The Kier molecular flexibility index (Phi) is 4.04. The summed E-state index contributed by atoms with van der Waals surface area (Å²) in [4.78, 5) is 10.5. The Hall–Kier alpha value is -1.33. The Morgan fingerprint density at radius 1 is 1.33 bits per heavy atom. The van der Waals surface area contributed by atoms with Gasteiger partial charge in [0.05, 0.1) is 11.0 Å². The van der Waals surface area contributed by atoms with E-state index < -0.39 is 4.92 Å². The first-order chi connectivity index (χ1) is 8.56. The van der Waals surface area contributed by atoms with Crippen LogP contribution in [0.3, 0.4) is 0 Å². The van der Waals surface area contributed by atoms with Crippen LogP contribution >= 0.6 is 11.6 Å². The predicted octanol–water partition coefficient (Wildman–Crippen LogP) is 2.96. The van der Waals surface area contributed by atoms with Crippen LogP contribution in [0.15, 0.2) is 18.2 Å². The third kappa shape index (κ3) is 3.11. The Morgan fingerprint density at radius 3 is 2.61 bits per heavy atom. The van der Waals surface area contributed by atoms with Crippen molar-refractivity contribution in [2.75, 3.05) is 5.32 Å². The number of nitrogens with zero attached hydrogens (tertiary/aromatic N) is 1. The summed E-state index contributed by atoms with van der Waals surface area (Å²) in [7, 11) is 0. The van der Waals surface area contributed by atoms with Crippen LogP contribution in [0.1, 0.15) is 25.7 Å². The number of rotatable bonds is 3. The summed E-state index contributed by atoms with van der Waals surface area (Å²) in [6.45, 7) is 0. The number of nitro benzene ring substituents is 1. The lowest BCUT2D eigenvalue weighted by molar-refractivity contribution is -0.384. The van der Waals surface area contributed by atoms with Gasteiger partial charge in [0.15, 0.2) is 0 Å². The molecule has 1 aromatic carbocycles. The van der Waals surface area contributed by atoms with Crippen molar-refractivity contribution in [2.45, 2.75) is 37.8 Å². The molecule has 0 amide bonds. The first kappa shape index (κ1) is 13.1. The summed E-state index contributed by atoms with van der Waals surface area (Å²) >= 11 is 5.76. The van der Waals surface area contributed by atoms with Crippen LogP contribution in [0.25, 0.3) is 0 Å². The van der Waals surface area contributed by atoms with Gasteiger partial charge in [-0.2, -0.15) is 0 Å². The lowest BCUT2D eigenvalue weighted by Crippen LogP contribution is -2.28. The molecule has 1 aromatic rings. The average molecular weight is 271 g/mol. The molecule has 0 saturated heterocycles. The van der Waals surface area contributed by atoms with Crippen LogP contribution < -0.4 is 5.32 Å². The highest BCUT2D eigenvalue weighted by molar-refractivity contribution is 6.30. The number of aliphatic hydroxyl groups excluding tert-OH is 1. The van der Waals surface area contributed by atoms with Gasteiger partial charge >= 0.3 is 0 Å². The lowest BCUT2D eigenvalue weighted by Gasteiger charge is -2.26. The molecule has 0 bridgehead atoms. The predicted molar refractivity (Wildman–Crippen MR) is 70.0 cm³/mol. The van der Waals surface area contributed by atoms with Crippen LogP contribution in [0, 0.1) is 10.1 Å². The SMILES string of the molecule is O=[N+]([O-])c1cc(Cl)ccc1N[C@H]1CC[C@H](O)CC1. The zero-order valence-corrected chi connectivity index (χ0v) is 10.6. The fourth-order valence-electron chi connectivity index (χ4n) is 2.22. The number of nitro groups is 1. The molecule has 98 valence electrons. The van der Waals surface area contributed by atoms with E-state index in [1.807, 2.05) is 0 Å². The van der Waals surface area contributed by atoms with E-state index in [0.29, 0.717) is 10.7 Å². The largest absolute Gasteiger partial charge is 0.393 e. The molecule has 1 aliphatic carbocycles. The smallest absolute Gasteiger partial charge is 0.293 e. The van der Waals surface area contributed by atoms with E-state index in [2.05, 4.69) is 5.32 Å². The molecule has 1 saturated carbocycles. The minimum atomic E-state index is -0.439. The number of anilines is 1. The van der Waals surface area contributed by atoms with Gasteiger partial charge in [-0.15, -0.1) is 0 Å².